The molecule has 0 atom stereocenters. The number of carbonyl (C=O) groups excluding carboxylic acids is 2. The van der Waals surface area contributed by atoms with Gasteiger partial charge in [-0.05, 0) is 35.9 Å². The van der Waals surface area contributed by atoms with Crippen LogP contribution in [0.2, 0.25) is 0 Å². The summed E-state index contributed by atoms with van der Waals surface area (Å²) in [6.07, 6.45) is 2.71. The number of esters is 2. The highest BCUT2D eigenvalue weighted by Gasteiger charge is 2.14. The lowest BCUT2D eigenvalue weighted by Gasteiger charge is -2.10. The van der Waals surface area contributed by atoms with Gasteiger partial charge in [-0.15, -0.1) is 0 Å². The summed E-state index contributed by atoms with van der Waals surface area (Å²) in [7, 11) is 2.62. The fraction of sp³-hybridized carbons (Fsp3) is 0.111. The summed E-state index contributed by atoms with van der Waals surface area (Å²) in [6.45, 7) is 0. The highest BCUT2D eigenvalue weighted by Crippen LogP contribution is 2.29. The molecule has 0 fully saturated rings. The summed E-state index contributed by atoms with van der Waals surface area (Å²) in [5.74, 6) is -2.97. The van der Waals surface area contributed by atoms with Gasteiger partial charge >= 0.3 is 11.9 Å². The molecule has 0 unspecified atom stereocenters. The monoisotopic (exact) mass is 348 g/mol. The smallest absolute Gasteiger partial charge is 0.343 e. The van der Waals surface area contributed by atoms with Crippen LogP contribution >= 0.6 is 0 Å². The van der Waals surface area contributed by atoms with E-state index in [1.807, 2.05) is 0 Å². The largest absolute Gasteiger partial charge is 0.493 e. The van der Waals surface area contributed by atoms with Crippen LogP contribution in [0.4, 0.5) is 8.78 Å². The van der Waals surface area contributed by atoms with Crippen molar-refractivity contribution in [1.29, 1.82) is 0 Å². The van der Waals surface area contributed by atoms with Crippen molar-refractivity contribution in [3.8, 4) is 11.5 Å². The van der Waals surface area contributed by atoms with E-state index >= 15 is 0 Å². The van der Waals surface area contributed by atoms with Gasteiger partial charge in [-0.2, -0.15) is 0 Å². The molecule has 0 aromatic heterocycles. The molecule has 0 spiro atoms. The van der Waals surface area contributed by atoms with E-state index < -0.39 is 23.6 Å². The summed E-state index contributed by atoms with van der Waals surface area (Å²) in [5, 5.41) is 0. The molecule has 0 bridgehead atoms. The quantitative estimate of drug-likeness (QED) is 0.471. The first-order valence-corrected chi connectivity index (χ1v) is 7.05. The third kappa shape index (κ3) is 4.87. The van der Waals surface area contributed by atoms with Gasteiger partial charge in [0.25, 0.3) is 0 Å². The van der Waals surface area contributed by atoms with E-state index in [1.54, 1.807) is 6.07 Å². The Morgan fingerprint density at radius 1 is 0.960 bits per heavy atom. The van der Waals surface area contributed by atoms with Gasteiger partial charge in [0.1, 0.15) is 11.6 Å². The Morgan fingerprint density at radius 2 is 1.64 bits per heavy atom. The second kappa shape index (κ2) is 8.05. The summed E-state index contributed by atoms with van der Waals surface area (Å²) in [6, 6.07) is 6.91. The Bertz CT molecular complexity index is 810. The van der Waals surface area contributed by atoms with Crippen LogP contribution in [-0.2, 0) is 9.53 Å². The van der Waals surface area contributed by atoms with Crippen LogP contribution in [0.5, 0.6) is 11.5 Å². The van der Waals surface area contributed by atoms with Crippen molar-refractivity contribution in [3.05, 3.63) is 65.2 Å². The average molecular weight is 348 g/mol. The molecule has 0 heterocycles. The van der Waals surface area contributed by atoms with Crippen LogP contribution in [0.3, 0.4) is 0 Å². The topological polar surface area (TPSA) is 61.8 Å². The SMILES string of the molecule is COC(=O)/C=C/c1ccc(OC(=O)c2cc(F)cc(F)c2)c(OC)c1. The molecule has 2 rings (SSSR count). The summed E-state index contributed by atoms with van der Waals surface area (Å²) in [5.41, 5.74) is 0.327. The molecule has 2 aromatic rings. The first kappa shape index (κ1) is 18.1. The van der Waals surface area contributed by atoms with Crippen LogP contribution in [0, 0.1) is 11.6 Å². The fourth-order valence-electron chi connectivity index (χ4n) is 1.93. The molecule has 130 valence electrons. The Balaban J connectivity index is 2.22. The number of methoxy groups -OCH3 is 2. The minimum absolute atomic E-state index is 0.0624. The number of benzene rings is 2. The van der Waals surface area contributed by atoms with E-state index in [4.69, 9.17) is 9.47 Å². The average Bonchev–Trinajstić information content (AvgIpc) is 2.59. The molecule has 2 aromatic carbocycles. The number of rotatable bonds is 5. The zero-order valence-corrected chi connectivity index (χ0v) is 13.4. The van der Waals surface area contributed by atoms with E-state index in [0.29, 0.717) is 11.6 Å². The maximum atomic E-state index is 13.2. The second-order valence-electron chi connectivity index (χ2n) is 4.81. The van der Waals surface area contributed by atoms with Crippen molar-refractivity contribution >= 4 is 18.0 Å². The zero-order chi connectivity index (χ0) is 18.4. The van der Waals surface area contributed by atoms with E-state index in [2.05, 4.69) is 4.74 Å². The van der Waals surface area contributed by atoms with Crippen molar-refractivity contribution < 1.29 is 32.6 Å². The maximum absolute atomic E-state index is 13.2. The second-order valence-corrected chi connectivity index (χ2v) is 4.81. The lowest BCUT2D eigenvalue weighted by Crippen LogP contribution is -2.10. The molecule has 0 aliphatic rings. The van der Waals surface area contributed by atoms with Crippen molar-refractivity contribution in [2.24, 2.45) is 0 Å². The number of hydrogen-bond acceptors (Lipinski definition) is 5. The molecule has 0 amide bonds. The standard InChI is InChI=1S/C18H14F2O5/c1-23-16-7-11(4-6-17(21)24-2)3-5-15(16)25-18(22)12-8-13(19)10-14(20)9-12/h3-10H,1-2H3/b6-4+. The van der Waals surface area contributed by atoms with Gasteiger partial charge in [-0.3, -0.25) is 0 Å². The van der Waals surface area contributed by atoms with Gasteiger partial charge in [0.15, 0.2) is 11.5 Å². The highest BCUT2D eigenvalue weighted by molar-refractivity contribution is 5.91. The van der Waals surface area contributed by atoms with Gasteiger partial charge in [0, 0.05) is 12.1 Å². The van der Waals surface area contributed by atoms with Crippen LogP contribution in [-0.4, -0.2) is 26.2 Å². The molecule has 0 radical (unpaired) electrons. The molecular formula is C18H14F2O5. The molecule has 0 saturated heterocycles. The van der Waals surface area contributed by atoms with Crippen molar-refractivity contribution in [2.45, 2.75) is 0 Å². The van der Waals surface area contributed by atoms with E-state index in [-0.39, 0.29) is 17.1 Å². The summed E-state index contributed by atoms with van der Waals surface area (Å²) < 4.78 is 41.1. The molecule has 0 saturated carbocycles. The van der Waals surface area contributed by atoms with Gasteiger partial charge in [-0.1, -0.05) is 6.07 Å². The van der Waals surface area contributed by atoms with Crippen molar-refractivity contribution in [1.82, 2.24) is 0 Å². The molecule has 25 heavy (non-hydrogen) atoms. The first-order valence-electron chi connectivity index (χ1n) is 7.05. The lowest BCUT2D eigenvalue weighted by atomic mass is 10.2. The van der Waals surface area contributed by atoms with Crippen LogP contribution in [0.15, 0.2) is 42.5 Å². The van der Waals surface area contributed by atoms with Crippen LogP contribution < -0.4 is 9.47 Å². The molecular weight excluding hydrogens is 334 g/mol. The zero-order valence-electron chi connectivity index (χ0n) is 13.4. The van der Waals surface area contributed by atoms with Gasteiger partial charge in [0.2, 0.25) is 0 Å². The Kier molecular flexibility index (Phi) is 5.84. The third-order valence-corrected chi connectivity index (χ3v) is 3.10. The van der Waals surface area contributed by atoms with E-state index in [9.17, 15) is 18.4 Å². The Hall–Kier alpha value is -3.22. The minimum Gasteiger partial charge on any atom is -0.493 e. The predicted molar refractivity (Wildman–Crippen MR) is 85.4 cm³/mol. The molecule has 0 aliphatic heterocycles. The maximum Gasteiger partial charge on any atom is 0.343 e. The van der Waals surface area contributed by atoms with Crippen LogP contribution in [0.1, 0.15) is 15.9 Å². The molecule has 5 nitrogen and oxygen atoms in total. The molecule has 0 aliphatic carbocycles. The van der Waals surface area contributed by atoms with Gasteiger partial charge in [-0.25, -0.2) is 18.4 Å². The van der Waals surface area contributed by atoms with Crippen molar-refractivity contribution in [2.75, 3.05) is 14.2 Å². The van der Waals surface area contributed by atoms with Gasteiger partial charge < -0.3 is 14.2 Å². The van der Waals surface area contributed by atoms with Crippen LogP contribution in [0.25, 0.3) is 6.08 Å². The van der Waals surface area contributed by atoms with Gasteiger partial charge in [0.05, 0.1) is 19.8 Å². The number of ether oxygens (including phenoxy) is 3. The summed E-state index contributed by atoms with van der Waals surface area (Å²) in [4.78, 5) is 23.1. The highest BCUT2D eigenvalue weighted by atomic mass is 19.1. The fourth-order valence-corrected chi connectivity index (χ4v) is 1.93. The summed E-state index contributed by atoms with van der Waals surface area (Å²) >= 11 is 0. The Morgan fingerprint density at radius 3 is 2.24 bits per heavy atom. The van der Waals surface area contributed by atoms with E-state index in [0.717, 1.165) is 12.1 Å². The van der Waals surface area contributed by atoms with E-state index in [1.165, 1.54) is 38.5 Å². The molecule has 7 heteroatoms. The predicted octanol–water partition coefficient (Wildman–Crippen LogP) is 3.38. The number of hydrogen-bond donors (Lipinski definition) is 0. The Labute approximate surface area is 142 Å². The van der Waals surface area contributed by atoms with Crippen molar-refractivity contribution in [3.63, 3.8) is 0 Å². The minimum atomic E-state index is -0.936. The first-order chi connectivity index (χ1) is 11.9. The normalized spacial score (nSPS) is 10.6. The lowest BCUT2D eigenvalue weighted by molar-refractivity contribution is -0.134. The molecule has 0 N–H and O–H groups in total. The number of halogens is 2. The third-order valence-electron chi connectivity index (χ3n) is 3.10. The number of carbonyl (C=O) groups is 2.